The maximum absolute atomic E-state index is 11.4. The number of fused-ring (bicyclic) bond motifs is 1. The maximum atomic E-state index is 11.4. The first kappa shape index (κ1) is 19.4. The van der Waals surface area contributed by atoms with E-state index in [0.29, 0.717) is 37.1 Å². The van der Waals surface area contributed by atoms with Crippen LogP contribution in [-0.4, -0.2) is 34.2 Å². The Hall–Kier alpha value is -2.97. The molecule has 0 saturated heterocycles. The van der Waals surface area contributed by atoms with E-state index in [1.54, 1.807) is 6.07 Å². The number of carbonyl (C=O) groups is 1. The van der Waals surface area contributed by atoms with Crippen LogP contribution in [0.2, 0.25) is 0 Å². The molecule has 150 valence electrons. The summed E-state index contributed by atoms with van der Waals surface area (Å²) in [6, 6.07) is 10.0. The largest absolute Gasteiger partial charge is 0.492 e. The monoisotopic (exact) mass is 411 g/mol. The van der Waals surface area contributed by atoms with Gasteiger partial charge in [0.2, 0.25) is 0 Å². The van der Waals surface area contributed by atoms with Crippen LogP contribution in [0, 0.1) is 0 Å². The van der Waals surface area contributed by atoms with Crippen molar-refractivity contribution in [2.45, 2.75) is 26.6 Å². The van der Waals surface area contributed by atoms with Gasteiger partial charge in [-0.1, -0.05) is 18.2 Å². The van der Waals surface area contributed by atoms with Crippen LogP contribution in [-0.2, 0) is 24.4 Å². The van der Waals surface area contributed by atoms with Gasteiger partial charge >= 0.3 is 5.97 Å². The molecule has 3 aromatic rings. The van der Waals surface area contributed by atoms with Crippen molar-refractivity contribution in [1.29, 1.82) is 0 Å². The summed E-state index contributed by atoms with van der Waals surface area (Å²) in [6.45, 7) is 4.35. The van der Waals surface area contributed by atoms with Gasteiger partial charge in [-0.3, -0.25) is 0 Å². The lowest BCUT2D eigenvalue weighted by molar-refractivity contribution is 0.0698. The highest BCUT2D eigenvalue weighted by molar-refractivity contribution is 7.17. The molecule has 0 radical (unpaired) electrons. The van der Waals surface area contributed by atoms with Gasteiger partial charge in [0.15, 0.2) is 4.88 Å². The predicted octanol–water partition coefficient (Wildman–Crippen LogP) is 3.99. The van der Waals surface area contributed by atoms with Crippen molar-refractivity contribution in [2.24, 2.45) is 0 Å². The summed E-state index contributed by atoms with van der Waals surface area (Å²) in [5, 5.41) is 12.7. The number of anilines is 1. The topological polar surface area (TPSA) is 93.6 Å². The molecule has 0 amide bonds. The van der Waals surface area contributed by atoms with E-state index in [1.807, 2.05) is 13.0 Å². The average Bonchev–Trinajstić information content (AvgIpc) is 3.35. The maximum Gasteiger partial charge on any atom is 0.349 e. The average molecular weight is 411 g/mol. The van der Waals surface area contributed by atoms with Gasteiger partial charge < -0.3 is 19.9 Å². The Bertz CT molecular complexity index is 1030. The Balaban J connectivity index is 1.44. The molecule has 2 aromatic heterocycles. The van der Waals surface area contributed by atoms with Crippen LogP contribution in [0.1, 0.15) is 33.3 Å². The van der Waals surface area contributed by atoms with Gasteiger partial charge in [0.1, 0.15) is 17.9 Å². The van der Waals surface area contributed by atoms with Crippen LogP contribution in [0.3, 0.4) is 0 Å². The molecule has 0 bridgehead atoms. The van der Waals surface area contributed by atoms with Gasteiger partial charge in [0.05, 0.1) is 30.4 Å². The van der Waals surface area contributed by atoms with E-state index in [9.17, 15) is 9.90 Å². The second kappa shape index (κ2) is 8.59. The highest BCUT2D eigenvalue weighted by atomic mass is 32.1. The second-order valence-corrected chi connectivity index (χ2v) is 7.66. The van der Waals surface area contributed by atoms with Gasteiger partial charge in [-0.15, -0.1) is 11.3 Å². The molecule has 1 aliphatic heterocycles. The fraction of sp³-hybridized carbons (Fsp3) is 0.286. The van der Waals surface area contributed by atoms with Crippen molar-refractivity contribution in [1.82, 2.24) is 9.97 Å². The molecule has 0 spiro atoms. The van der Waals surface area contributed by atoms with Crippen molar-refractivity contribution in [3.8, 4) is 16.3 Å². The SMILES string of the molecule is CCOc1cc(-c2cc(NCCc3ccc4c(c3)COC4)ncn2)sc1C(=O)O. The normalized spacial score (nSPS) is 12.6. The number of rotatable bonds is 8. The molecule has 2 N–H and O–H groups in total. The summed E-state index contributed by atoms with van der Waals surface area (Å²) >= 11 is 1.15. The number of ether oxygens (including phenoxy) is 2. The number of nitrogens with zero attached hydrogens (tertiary/aromatic N) is 2. The Morgan fingerprint density at radius 2 is 2.10 bits per heavy atom. The van der Waals surface area contributed by atoms with Crippen LogP contribution >= 0.6 is 11.3 Å². The van der Waals surface area contributed by atoms with Gasteiger partial charge in [-0.25, -0.2) is 14.8 Å². The molecule has 0 fully saturated rings. The van der Waals surface area contributed by atoms with Crippen molar-refractivity contribution in [3.63, 3.8) is 0 Å². The summed E-state index contributed by atoms with van der Waals surface area (Å²) in [4.78, 5) is 20.9. The minimum Gasteiger partial charge on any atom is -0.492 e. The molecule has 7 nitrogen and oxygen atoms in total. The minimum absolute atomic E-state index is 0.176. The van der Waals surface area contributed by atoms with E-state index in [0.717, 1.165) is 29.2 Å². The van der Waals surface area contributed by atoms with Crippen molar-refractivity contribution < 1.29 is 19.4 Å². The summed E-state index contributed by atoms with van der Waals surface area (Å²) in [5.41, 5.74) is 4.45. The number of thiophene rings is 1. The predicted molar refractivity (Wildman–Crippen MR) is 111 cm³/mol. The second-order valence-electron chi connectivity index (χ2n) is 6.60. The first-order valence-corrected chi connectivity index (χ1v) is 10.2. The van der Waals surface area contributed by atoms with Crippen LogP contribution in [0.4, 0.5) is 5.82 Å². The minimum atomic E-state index is -1.00. The molecule has 3 heterocycles. The molecule has 1 aliphatic rings. The molecule has 8 heteroatoms. The number of benzene rings is 1. The number of carboxylic acid groups (broad SMARTS) is 1. The van der Waals surface area contributed by atoms with E-state index >= 15 is 0 Å². The number of aromatic nitrogens is 2. The zero-order valence-electron chi connectivity index (χ0n) is 16.0. The van der Waals surface area contributed by atoms with Gasteiger partial charge in [0.25, 0.3) is 0 Å². The molecule has 4 rings (SSSR count). The van der Waals surface area contributed by atoms with Crippen LogP contribution in [0.25, 0.3) is 10.6 Å². The zero-order valence-corrected chi connectivity index (χ0v) is 16.8. The molecular weight excluding hydrogens is 390 g/mol. The number of carboxylic acids is 1. The molecule has 0 aliphatic carbocycles. The molecule has 0 saturated carbocycles. The lowest BCUT2D eigenvalue weighted by atomic mass is 10.0. The Labute approximate surface area is 172 Å². The van der Waals surface area contributed by atoms with Crippen LogP contribution in [0.5, 0.6) is 5.75 Å². The number of hydrogen-bond acceptors (Lipinski definition) is 7. The van der Waals surface area contributed by atoms with Gasteiger partial charge in [-0.05, 0) is 30.0 Å². The van der Waals surface area contributed by atoms with E-state index in [2.05, 4.69) is 33.5 Å². The first-order valence-electron chi connectivity index (χ1n) is 9.38. The Morgan fingerprint density at radius 1 is 1.24 bits per heavy atom. The molecular formula is C21H21N3O4S. The number of hydrogen-bond donors (Lipinski definition) is 2. The van der Waals surface area contributed by atoms with Gasteiger partial charge in [-0.2, -0.15) is 0 Å². The standard InChI is InChI=1S/C21H21N3O4S/c1-2-28-17-9-18(29-20(17)21(25)26)16-8-19(24-12-23-16)22-6-5-13-3-4-14-10-27-11-15(14)7-13/h3-4,7-9,12H,2,5-6,10-11H2,1H3,(H,25,26)(H,22,23,24). The molecule has 1 aromatic carbocycles. The lowest BCUT2D eigenvalue weighted by Crippen LogP contribution is -2.07. The van der Waals surface area contributed by atoms with Crippen LogP contribution in [0.15, 0.2) is 36.7 Å². The third kappa shape index (κ3) is 4.38. The molecule has 0 unspecified atom stereocenters. The fourth-order valence-corrected chi connectivity index (χ4v) is 4.12. The Morgan fingerprint density at radius 3 is 2.93 bits per heavy atom. The highest BCUT2D eigenvalue weighted by Gasteiger charge is 2.18. The number of nitrogens with one attached hydrogen (secondary N) is 1. The zero-order chi connectivity index (χ0) is 20.2. The van der Waals surface area contributed by atoms with E-state index in [-0.39, 0.29) is 4.88 Å². The summed E-state index contributed by atoms with van der Waals surface area (Å²) in [7, 11) is 0. The quantitative estimate of drug-likeness (QED) is 0.579. The molecule has 29 heavy (non-hydrogen) atoms. The third-order valence-corrected chi connectivity index (χ3v) is 5.74. The lowest BCUT2D eigenvalue weighted by Gasteiger charge is -2.07. The summed E-state index contributed by atoms with van der Waals surface area (Å²) in [5.74, 6) is 0.0632. The Kier molecular flexibility index (Phi) is 5.73. The van der Waals surface area contributed by atoms with E-state index < -0.39 is 5.97 Å². The third-order valence-electron chi connectivity index (χ3n) is 4.62. The first-order chi connectivity index (χ1) is 14.1. The van der Waals surface area contributed by atoms with Crippen LogP contribution < -0.4 is 10.1 Å². The van der Waals surface area contributed by atoms with Crippen molar-refractivity contribution in [3.05, 3.63) is 58.2 Å². The smallest absolute Gasteiger partial charge is 0.349 e. The molecule has 0 atom stereocenters. The van der Waals surface area contributed by atoms with Crippen molar-refractivity contribution >= 4 is 23.1 Å². The van der Waals surface area contributed by atoms with E-state index in [1.165, 1.54) is 23.0 Å². The number of aromatic carboxylic acids is 1. The van der Waals surface area contributed by atoms with Crippen molar-refractivity contribution in [2.75, 3.05) is 18.5 Å². The highest BCUT2D eigenvalue weighted by Crippen LogP contribution is 2.36. The van der Waals surface area contributed by atoms with Gasteiger partial charge in [0, 0.05) is 18.7 Å². The fourth-order valence-electron chi connectivity index (χ4n) is 3.22. The summed E-state index contributed by atoms with van der Waals surface area (Å²) in [6.07, 6.45) is 2.34. The van der Waals surface area contributed by atoms with E-state index in [4.69, 9.17) is 9.47 Å². The summed E-state index contributed by atoms with van der Waals surface area (Å²) < 4.78 is 10.9.